The highest BCUT2D eigenvalue weighted by Crippen LogP contribution is 2.33. The Balaban J connectivity index is 1.82. The van der Waals surface area contributed by atoms with Gasteiger partial charge in [-0.3, -0.25) is 4.90 Å². The number of benzene rings is 1. The summed E-state index contributed by atoms with van der Waals surface area (Å²) < 4.78 is 0. The molecule has 0 spiro atoms. The molecule has 2 aliphatic rings. The van der Waals surface area contributed by atoms with Crippen LogP contribution in [0.15, 0.2) is 24.3 Å². The Morgan fingerprint density at radius 3 is 2.70 bits per heavy atom. The van der Waals surface area contributed by atoms with E-state index in [0.29, 0.717) is 12.1 Å². The Morgan fingerprint density at radius 2 is 1.95 bits per heavy atom. The SMILES string of the molecule is CC(C)N1CCSCC1c1cccc(N2CCCC2)c1. The largest absolute Gasteiger partial charge is 0.372 e. The van der Waals surface area contributed by atoms with Crippen molar-refractivity contribution in [3.05, 3.63) is 29.8 Å². The molecule has 0 aliphatic carbocycles. The molecule has 2 heterocycles. The maximum atomic E-state index is 2.67. The molecule has 2 nitrogen and oxygen atoms in total. The summed E-state index contributed by atoms with van der Waals surface area (Å²) in [6.07, 6.45) is 2.70. The summed E-state index contributed by atoms with van der Waals surface area (Å²) in [4.78, 5) is 5.21. The lowest BCUT2D eigenvalue weighted by Gasteiger charge is -2.39. The number of thioether (sulfide) groups is 1. The average Bonchev–Trinajstić information content (AvgIpc) is 3.01. The van der Waals surface area contributed by atoms with Crippen LogP contribution in [-0.2, 0) is 0 Å². The van der Waals surface area contributed by atoms with E-state index in [1.807, 2.05) is 0 Å². The van der Waals surface area contributed by atoms with Crippen LogP contribution >= 0.6 is 11.8 Å². The van der Waals surface area contributed by atoms with Crippen molar-refractivity contribution < 1.29 is 0 Å². The van der Waals surface area contributed by atoms with E-state index in [4.69, 9.17) is 0 Å². The molecule has 3 heteroatoms. The minimum Gasteiger partial charge on any atom is -0.372 e. The molecule has 0 radical (unpaired) electrons. The minimum absolute atomic E-state index is 0.594. The summed E-state index contributed by atoms with van der Waals surface area (Å²) in [6.45, 7) is 8.34. The van der Waals surface area contributed by atoms with E-state index >= 15 is 0 Å². The maximum absolute atomic E-state index is 2.67. The number of hydrogen-bond donors (Lipinski definition) is 0. The van der Waals surface area contributed by atoms with Crippen molar-refractivity contribution >= 4 is 17.4 Å². The first kappa shape index (κ1) is 14.3. The zero-order valence-electron chi connectivity index (χ0n) is 12.7. The van der Waals surface area contributed by atoms with Crippen LogP contribution in [0.5, 0.6) is 0 Å². The molecule has 0 saturated carbocycles. The predicted molar refractivity (Wildman–Crippen MR) is 89.8 cm³/mol. The van der Waals surface area contributed by atoms with Gasteiger partial charge in [0.25, 0.3) is 0 Å². The van der Waals surface area contributed by atoms with Crippen LogP contribution in [0.2, 0.25) is 0 Å². The molecule has 1 unspecified atom stereocenters. The monoisotopic (exact) mass is 290 g/mol. The fourth-order valence-corrected chi connectivity index (χ4v) is 4.54. The topological polar surface area (TPSA) is 6.48 Å². The summed E-state index contributed by atoms with van der Waals surface area (Å²) >= 11 is 2.10. The zero-order valence-corrected chi connectivity index (χ0v) is 13.5. The average molecular weight is 290 g/mol. The van der Waals surface area contributed by atoms with Crippen molar-refractivity contribution in [2.75, 3.05) is 36.0 Å². The molecule has 0 bridgehead atoms. The second kappa shape index (κ2) is 6.40. The smallest absolute Gasteiger partial charge is 0.0442 e. The van der Waals surface area contributed by atoms with E-state index in [1.54, 1.807) is 0 Å². The van der Waals surface area contributed by atoms with Gasteiger partial charge in [-0.15, -0.1) is 0 Å². The number of nitrogens with zero attached hydrogens (tertiary/aromatic N) is 2. The molecule has 1 aromatic rings. The van der Waals surface area contributed by atoms with Crippen LogP contribution in [0.3, 0.4) is 0 Å². The van der Waals surface area contributed by atoms with Crippen LogP contribution in [0.25, 0.3) is 0 Å². The van der Waals surface area contributed by atoms with E-state index in [-0.39, 0.29) is 0 Å². The number of hydrogen-bond acceptors (Lipinski definition) is 3. The molecule has 110 valence electrons. The lowest BCUT2D eigenvalue weighted by molar-refractivity contribution is 0.174. The van der Waals surface area contributed by atoms with E-state index in [9.17, 15) is 0 Å². The summed E-state index contributed by atoms with van der Waals surface area (Å²) in [5, 5.41) is 0. The molecule has 1 aromatic carbocycles. The van der Waals surface area contributed by atoms with Crippen molar-refractivity contribution in [2.45, 2.75) is 38.8 Å². The van der Waals surface area contributed by atoms with Gasteiger partial charge in [-0.05, 0) is 44.4 Å². The lowest BCUT2D eigenvalue weighted by atomic mass is 10.0. The highest BCUT2D eigenvalue weighted by molar-refractivity contribution is 7.99. The molecule has 0 aromatic heterocycles. The molecule has 2 aliphatic heterocycles. The third-order valence-corrected chi connectivity index (χ3v) is 5.58. The van der Waals surface area contributed by atoms with E-state index in [0.717, 1.165) is 0 Å². The van der Waals surface area contributed by atoms with Gasteiger partial charge >= 0.3 is 0 Å². The zero-order chi connectivity index (χ0) is 13.9. The van der Waals surface area contributed by atoms with E-state index in [2.05, 4.69) is 59.7 Å². The van der Waals surface area contributed by atoms with Crippen molar-refractivity contribution in [3.63, 3.8) is 0 Å². The maximum Gasteiger partial charge on any atom is 0.0442 e. The molecular weight excluding hydrogens is 264 g/mol. The van der Waals surface area contributed by atoms with Gasteiger partial charge < -0.3 is 4.90 Å². The van der Waals surface area contributed by atoms with Gasteiger partial charge in [-0.2, -0.15) is 11.8 Å². The van der Waals surface area contributed by atoms with Crippen LogP contribution in [0, 0.1) is 0 Å². The van der Waals surface area contributed by atoms with Crippen LogP contribution in [0.4, 0.5) is 5.69 Å². The Kier molecular flexibility index (Phi) is 4.57. The second-order valence-corrected chi connectivity index (χ2v) is 7.36. The highest BCUT2D eigenvalue weighted by Gasteiger charge is 2.26. The molecule has 20 heavy (non-hydrogen) atoms. The highest BCUT2D eigenvalue weighted by atomic mass is 32.2. The molecule has 0 N–H and O–H groups in total. The van der Waals surface area contributed by atoms with E-state index < -0.39 is 0 Å². The van der Waals surface area contributed by atoms with Gasteiger partial charge in [-0.25, -0.2) is 0 Å². The predicted octanol–water partition coefficient (Wildman–Crippen LogP) is 3.79. The summed E-state index contributed by atoms with van der Waals surface area (Å²) in [7, 11) is 0. The molecule has 2 saturated heterocycles. The Labute approximate surface area is 127 Å². The van der Waals surface area contributed by atoms with Crippen LogP contribution in [0.1, 0.15) is 38.3 Å². The summed E-state index contributed by atoms with van der Waals surface area (Å²) in [6, 6.07) is 10.5. The second-order valence-electron chi connectivity index (χ2n) is 6.21. The van der Waals surface area contributed by atoms with Gasteiger partial charge in [0.1, 0.15) is 0 Å². The number of anilines is 1. The van der Waals surface area contributed by atoms with Crippen molar-refractivity contribution in [1.29, 1.82) is 0 Å². The summed E-state index contributed by atoms with van der Waals surface area (Å²) in [5.74, 6) is 2.52. The first-order chi connectivity index (χ1) is 9.75. The van der Waals surface area contributed by atoms with Gasteiger partial charge in [-0.1, -0.05) is 12.1 Å². The fraction of sp³-hybridized carbons (Fsp3) is 0.647. The van der Waals surface area contributed by atoms with Crippen LogP contribution in [-0.4, -0.2) is 42.1 Å². The molecular formula is C17H26N2S. The normalized spacial score (nSPS) is 24.6. The van der Waals surface area contributed by atoms with Crippen molar-refractivity contribution in [1.82, 2.24) is 4.90 Å². The third-order valence-electron chi connectivity index (χ3n) is 4.56. The van der Waals surface area contributed by atoms with Gasteiger partial charge in [0.2, 0.25) is 0 Å². The van der Waals surface area contributed by atoms with Crippen molar-refractivity contribution in [3.8, 4) is 0 Å². The van der Waals surface area contributed by atoms with Gasteiger partial charge in [0.05, 0.1) is 0 Å². The molecule has 1 atom stereocenters. The Morgan fingerprint density at radius 1 is 1.15 bits per heavy atom. The quantitative estimate of drug-likeness (QED) is 0.836. The van der Waals surface area contributed by atoms with Crippen LogP contribution < -0.4 is 4.90 Å². The molecule has 0 amide bonds. The summed E-state index contributed by atoms with van der Waals surface area (Å²) in [5.41, 5.74) is 2.94. The Bertz CT molecular complexity index is 440. The molecule has 3 rings (SSSR count). The van der Waals surface area contributed by atoms with Gasteiger partial charge in [0, 0.05) is 48.9 Å². The molecule has 2 fully saturated rings. The standard InChI is InChI=1S/C17H26N2S/c1-14(2)19-10-11-20-13-17(19)15-6-5-7-16(12-15)18-8-3-4-9-18/h5-7,12,14,17H,3-4,8-11,13H2,1-2H3. The van der Waals surface area contributed by atoms with Crippen molar-refractivity contribution in [2.24, 2.45) is 0 Å². The van der Waals surface area contributed by atoms with E-state index in [1.165, 1.54) is 55.2 Å². The lowest BCUT2D eigenvalue weighted by Crippen LogP contribution is -2.40. The minimum atomic E-state index is 0.594. The fourth-order valence-electron chi connectivity index (χ4n) is 3.43. The first-order valence-corrected chi connectivity index (χ1v) is 9.09. The van der Waals surface area contributed by atoms with Gasteiger partial charge in [0.15, 0.2) is 0 Å². The Hall–Kier alpha value is -0.670. The third kappa shape index (κ3) is 2.99. The number of rotatable bonds is 3. The first-order valence-electron chi connectivity index (χ1n) is 7.94.